The van der Waals surface area contributed by atoms with Gasteiger partial charge in [0.1, 0.15) is 11.3 Å². The fourth-order valence-electron chi connectivity index (χ4n) is 2.35. The standard InChI is InChI=1S/C19H16O3/c1-14-17(12-13-21-14)19(20)22-18(15-8-4-2-5-9-15)16-10-6-3-7-11-16/h2-13,18H,1H3. The molecule has 1 aromatic heterocycles. The van der Waals surface area contributed by atoms with Crippen LogP contribution in [0.5, 0.6) is 0 Å². The highest BCUT2D eigenvalue weighted by atomic mass is 16.5. The number of hydrogen-bond acceptors (Lipinski definition) is 3. The zero-order chi connectivity index (χ0) is 15.4. The first-order valence-corrected chi connectivity index (χ1v) is 7.10. The van der Waals surface area contributed by atoms with Crippen molar-refractivity contribution in [1.82, 2.24) is 0 Å². The lowest BCUT2D eigenvalue weighted by Crippen LogP contribution is -2.13. The van der Waals surface area contributed by atoms with E-state index < -0.39 is 6.10 Å². The molecule has 0 saturated heterocycles. The summed E-state index contributed by atoms with van der Waals surface area (Å²) in [7, 11) is 0. The molecule has 0 saturated carbocycles. The van der Waals surface area contributed by atoms with Gasteiger partial charge in [-0.25, -0.2) is 4.79 Å². The van der Waals surface area contributed by atoms with Crippen LogP contribution >= 0.6 is 0 Å². The van der Waals surface area contributed by atoms with Crippen LogP contribution < -0.4 is 0 Å². The van der Waals surface area contributed by atoms with Crippen molar-refractivity contribution in [3.05, 3.63) is 95.4 Å². The van der Waals surface area contributed by atoms with E-state index in [1.54, 1.807) is 13.0 Å². The molecule has 0 fully saturated rings. The zero-order valence-electron chi connectivity index (χ0n) is 12.2. The minimum Gasteiger partial charge on any atom is -0.469 e. The average Bonchev–Trinajstić information content (AvgIpc) is 3.00. The van der Waals surface area contributed by atoms with Crippen LogP contribution in [0.15, 0.2) is 77.4 Å². The van der Waals surface area contributed by atoms with Gasteiger partial charge >= 0.3 is 5.97 Å². The molecule has 0 aliphatic carbocycles. The van der Waals surface area contributed by atoms with Crippen molar-refractivity contribution in [3.8, 4) is 0 Å². The first-order valence-electron chi connectivity index (χ1n) is 7.10. The molecule has 0 aliphatic heterocycles. The Morgan fingerprint density at radius 2 is 1.45 bits per heavy atom. The van der Waals surface area contributed by atoms with Crippen LogP contribution in [0.2, 0.25) is 0 Å². The van der Waals surface area contributed by atoms with Crippen molar-refractivity contribution < 1.29 is 13.9 Å². The highest BCUT2D eigenvalue weighted by Crippen LogP contribution is 2.27. The summed E-state index contributed by atoms with van der Waals surface area (Å²) >= 11 is 0. The van der Waals surface area contributed by atoms with Gasteiger partial charge in [0.2, 0.25) is 0 Å². The number of furan rings is 1. The van der Waals surface area contributed by atoms with Gasteiger partial charge in [0.25, 0.3) is 0 Å². The normalized spacial score (nSPS) is 10.6. The number of benzene rings is 2. The first-order chi connectivity index (χ1) is 10.8. The van der Waals surface area contributed by atoms with Gasteiger partial charge in [0, 0.05) is 0 Å². The predicted molar refractivity (Wildman–Crippen MR) is 83.6 cm³/mol. The Bertz CT molecular complexity index is 705. The van der Waals surface area contributed by atoms with Gasteiger partial charge in [-0.1, -0.05) is 60.7 Å². The van der Waals surface area contributed by atoms with Crippen LogP contribution in [0.25, 0.3) is 0 Å². The summed E-state index contributed by atoms with van der Waals surface area (Å²) in [6.45, 7) is 1.75. The number of ether oxygens (including phenoxy) is 1. The van der Waals surface area contributed by atoms with E-state index in [0.29, 0.717) is 11.3 Å². The highest BCUT2D eigenvalue weighted by Gasteiger charge is 2.21. The van der Waals surface area contributed by atoms with Gasteiger partial charge in [0.15, 0.2) is 6.10 Å². The third kappa shape index (κ3) is 2.93. The lowest BCUT2D eigenvalue weighted by Gasteiger charge is -2.18. The van der Waals surface area contributed by atoms with Crippen molar-refractivity contribution in [2.24, 2.45) is 0 Å². The minimum atomic E-state index is -0.441. The van der Waals surface area contributed by atoms with E-state index in [1.807, 2.05) is 60.7 Å². The second-order valence-electron chi connectivity index (χ2n) is 5.00. The third-order valence-corrected chi connectivity index (χ3v) is 3.51. The van der Waals surface area contributed by atoms with Gasteiger partial charge in [0.05, 0.1) is 6.26 Å². The number of rotatable bonds is 4. The van der Waals surface area contributed by atoms with Gasteiger partial charge in [-0.2, -0.15) is 0 Å². The molecule has 0 atom stereocenters. The lowest BCUT2D eigenvalue weighted by molar-refractivity contribution is 0.0376. The van der Waals surface area contributed by atoms with Crippen molar-refractivity contribution in [2.75, 3.05) is 0 Å². The lowest BCUT2D eigenvalue weighted by atomic mass is 10.0. The molecule has 2 aromatic carbocycles. The quantitative estimate of drug-likeness (QED) is 0.663. The number of carbonyl (C=O) groups excluding carboxylic acids is 1. The van der Waals surface area contributed by atoms with E-state index in [9.17, 15) is 4.79 Å². The Morgan fingerprint density at radius 3 is 1.91 bits per heavy atom. The summed E-state index contributed by atoms with van der Waals surface area (Å²) in [6.07, 6.45) is 1.05. The number of carbonyl (C=O) groups is 1. The van der Waals surface area contributed by atoms with Crippen LogP contribution in [0, 0.1) is 6.92 Å². The molecule has 3 nitrogen and oxygen atoms in total. The largest absolute Gasteiger partial charge is 0.469 e. The first kappa shape index (κ1) is 14.1. The summed E-state index contributed by atoms with van der Waals surface area (Å²) in [5.74, 6) is 0.175. The van der Waals surface area contributed by atoms with Crippen LogP contribution in [0.3, 0.4) is 0 Å². The second kappa shape index (κ2) is 6.31. The number of esters is 1. The van der Waals surface area contributed by atoms with Crippen LogP contribution in [0.1, 0.15) is 33.3 Å². The SMILES string of the molecule is Cc1occc1C(=O)OC(c1ccccc1)c1ccccc1. The molecule has 0 N–H and O–H groups in total. The molecular weight excluding hydrogens is 276 g/mol. The van der Waals surface area contributed by atoms with Crippen LogP contribution in [-0.2, 0) is 4.74 Å². The maximum atomic E-state index is 12.4. The Balaban J connectivity index is 1.93. The third-order valence-electron chi connectivity index (χ3n) is 3.51. The molecule has 0 aliphatic rings. The predicted octanol–water partition coefficient (Wildman–Crippen LogP) is 4.53. The molecule has 110 valence electrons. The second-order valence-corrected chi connectivity index (χ2v) is 5.00. The zero-order valence-corrected chi connectivity index (χ0v) is 12.2. The number of hydrogen-bond donors (Lipinski definition) is 0. The summed E-state index contributed by atoms with van der Waals surface area (Å²) < 4.78 is 10.9. The van der Waals surface area contributed by atoms with E-state index in [2.05, 4.69) is 0 Å². The van der Waals surface area contributed by atoms with Gasteiger partial charge in [-0.15, -0.1) is 0 Å². The summed E-state index contributed by atoms with van der Waals surface area (Å²) in [6, 6.07) is 21.0. The molecule has 0 bridgehead atoms. The van der Waals surface area contributed by atoms with Crippen LogP contribution in [-0.4, -0.2) is 5.97 Å². The average molecular weight is 292 g/mol. The Labute approximate surface area is 129 Å². The molecule has 1 heterocycles. The van der Waals surface area contributed by atoms with E-state index in [-0.39, 0.29) is 5.97 Å². The van der Waals surface area contributed by atoms with E-state index in [0.717, 1.165) is 11.1 Å². The molecule has 3 rings (SSSR count). The minimum absolute atomic E-state index is 0.385. The monoisotopic (exact) mass is 292 g/mol. The van der Waals surface area contributed by atoms with Crippen molar-refractivity contribution in [1.29, 1.82) is 0 Å². The Kier molecular flexibility index (Phi) is 4.05. The number of aryl methyl sites for hydroxylation is 1. The Morgan fingerprint density at radius 1 is 0.909 bits per heavy atom. The van der Waals surface area contributed by atoms with Crippen molar-refractivity contribution >= 4 is 5.97 Å². The molecule has 0 amide bonds. The molecule has 0 unspecified atom stereocenters. The summed E-state index contributed by atoms with van der Waals surface area (Å²) in [4.78, 5) is 12.4. The van der Waals surface area contributed by atoms with Crippen molar-refractivity contribution in [2.45, 2.75) is 13.0 Å². The molecular formula is C19H16O3. The molecule has 22 heavy (non-hydrogen) atoms. The maximum Gasteiger partial charge on any atom is 0.342 e. The van der Waals surface area contributed by atoms with E-state index >= 15 is 0 Å². The van der Waals surface area contributed by atoms with Gasteiger partial charge in [-0.3, -0.25) is 0 Å². The molecule has 0 spiro atoms. The summed E-state index contributed by atoms with van der Waals surface area (Å²) in [5.41, 5.74) is 2.32. The fourth-order valence-corrected chi connectivity index (χ4v) is 2.35. The van der Waals surface area contributed by atoms with Crippen LogP contribution in [0.4, 0.5) is 0 Å². The maximum absolute atomic E-state index is 12.4. The van der Waals surface area contributed by atoms with Gasteiger partial charge in [-0.05, 0) is 24.1 Å². The topological polar surface area (TPSA) is 39.4 Å². The molecule has 3 aromatic rings. The van der Waals surface area contributed by atoms with Crippen molar-refractivity contribution in [3.63, 3.8) is 0 Å². The summed E-state index contributed by atoms with van der Waals surface area (Å²) in [5, 5.41) is 0. The van der Waals surface area contributed by atoms with E-state index in [4.69, 9.17) is 9.15 Å². The smallest absolute Gasteiger partial charge is 0.342 e. The molecule has 3 heteroatoms. The fraction of sp³-hybridized carbons (Fsp3) is 0.105. The van der Waals surface area contributed by atoms with Gasteiger partial charge < -0.3 is 9.15 Å². The Hall–Kier alpha value is -2.81. The molecule has 0 radical (unpaired) electrons. The van der Waals surface area contributed by atoms with E-state index in [1.165, 1.54) is 6.26 Å². The highest BCUT2D eigenvalue weighted by molar-refractivity contribution is 5.90.